The van der Waals surface area contributed by atoms with E-state index in [2.05, 4.69) is 0 Å². The van der Waals surface area contributed by atoms with Crippen LogP contribution in [0.25, 0.3) is 11.1 Å². The van der Waals surface area contributed by atoms with Crippen LogP contribution in [0.2, 0.25) is 5.02 Å². The first-order valence-electron chi connectivity index (χ1n) is 8.62. The molecule has 0 spiro atoms. The van der Waals surface area contributed by atoms with Crippen molar-refractivity contribution in [2.24, 2.45) is 5.73 Å². The zero-order valence-electron chi connectivity index (χ0n) is 15.7. The standard InChI is InChI=1S/C17H20ClF3N2O7/c1-9(14(26)29-8-16(22,6-24)7-25)23-11-4-10(18)12(5-13(11)30-15(23)27)28-3-2-17(19,20)21/h4-5,9,24-25H,2-3,6-8,22H2,1H3. The minimum atomic E-state index is -4.41. The van der Waals surface area contributed by atoms with Gasteiger partial charge in [0, 0.05) is 6.07 Å². The summed E-state index contributed by atoms with van der Waals surface area (Å²) in [5.41, 5.74) is 4.09. The van der Waals surface area contributed by atoms with Gasteiger partial charge in [-0.1, -0.05) is 11.6 Å². The molecular formula is C17H20ClF3N2O7. The smallest absolute Gasteiger partial charge is 0.420 e. The molecule has 0 radical (unpaired) electrons. The molecule has 1 aromatic carbocycles. The summed E-state index contributed by atoms with van der Waals surface area (Å²) < 4.78 is 52.7. The van der Waals surface area contributed by atoms with E-state index in [9.17, 15) is 22.8 Å². The summed E-state index contributed by atoms with van der Waals surface area (Å²) in [5, 5.41) is 18.2. The number of carbonyl (C=O) groups excluding carboxylic acids is 1. The van der Waals surface area contributed by atoms with Crippen LogP contribution in [0.5, 0.6) is 5.75 Å². The molecule has 0 fully saturated rings. The summed E-state index contributed by atoms with van der Waals surface area (Å²) in [6.07, 6.45) is -5.60. The highest BCUT2D eigenvalue weighted by Crippen LogP contribution is 2.32. The van der Waals surface area contributed by atoms with Gasteiger partial charge in [-0.05, 0) is 13.0 Å². The van der Waals surface area contributed by atoms with E-state index in [1.54, 1.807) is 0 Å². The molecule has 0 bridgehead atoms. The third-order valence-corrected chi connectivity index (χ3v) is 4.47. The highest BCUT2D eigenvalue weighted by atomic mass is 35.5. The number of hydrogen-bond acceptors (Lipinski definition) is 8. The van der Waals surface area contributed by atoms with Crippen LogP contribution in [0.3, 0.4) is 0 Å². The molecular weight excluding hydrogens is 437 g/mol. The van der Waals surface area contributed by atoms with Crippen LogP contribution in [0.15, 0.2) is 21.3 Å². The van der Waals surface area contributed by atoms with Crippen molar-refractivity contribution in [3.8, 4) is 5.75 Å². The van der Waals surface area contributed by atoms with E-state index >= 15 is 0 Å². The van der Waals surface area contributed by atoms with Crippen LogP contribution in [-0.2, 0) is 9.53 Å². The normalized spacial score (nSPS) is 13.5. The molecule has 9 nitrogen and oxygen atoms in total. The monoisotopic (exact) mass is 456 g/mol. The Kier molecular flexibility index (Phi) is 7.40. The summed E-state index contributed by atoms with van der Waals surface area (Å²) in [6, 6.07) is 1.16. The molecule has 0 aliphatic heterocycles. The van der Waals surface area contributed by atoms with Gasteiger partial charge in [-0.2, -0.15) is 13.2 Å². The first kappa shape index (κ1) is 24.0. The van der Waals surface area contributed by atoms with Gasteiger partial charge in [-0.3, -0.25) is 4.57 Å². The second-order valence-electron chi connectivity index (χ2n) is 6.66. The number of ether oxygens (including phenoxy) is 2. The van der Waals surface area contributed by atoms with Gasteiger partial charge in [0.25, 0.3) is 0 Å². The zero-order valence-corrected chi connectivity index (χ0v) is 16.5. The van der Waals surface area contributed by atoms with Crippen LogP contribution in [0, 0.1) is 0 Å². The average molecular weight is 457 g/mol. The number of fused-ring (bicyclic) bond motifs is 1. The molecule has 1 aromatic heterocycles. The van der Waals surface area contributed by atoms with Gasteiger partial charge in [0.2, 0.25) is 0 Å². The van der Waals surface area contributed by atoms with Crippen LogP contribution in [0.1, 0.15) is 19.4 Å². The number of carbonyl (C=O) groups is 1. The molecule has 0 saturated carbocycles. The highest BCUT2D eigenvalue weighted by molar-refractivity contribution is 6.32. The van der Waals surface area contributed by atoms with Crippen molar-refractivity contribution in [1.82, 2.24) is 4.57 Å². The van der Waals surface area contributed by atoms with Crippen molar-refractivity contribution < 1.29 is 42.1 Å². The van der Waals surface area contributed by atoms with Gasteiger partial charge in [-0.25, -0.2) is 9.59 Å². The van der Waals surface area contributed by atoms with Gasteiger partial charge >= 0.3 is 17.9 Å². The number of oxazole rings is 1. The van der Waals surface area contributed by atoms with Gasteiger partial charge in [0.15, 0.2) is 5.58 Å². The number of nitrogens with two attached hydrogens (primary N) is 1. The van der Waals surface area contributed by atoms with Gasteiger partial charge in [0.1, 0.15) is 18.4 Å². The van der Waals surface area contributed by atoms with Gasteiger partial charge in [-0.15, -0.1) is 0 Å². The van der Waals surface area contributed by atoms with E-state index in [0.717, 1.165) is 10.6 Å². The maximum absolute atomic E-state index is 12.3. The number of rotatable bonds is 9. The maximum Gasteiger partial charge on any atom is 0.420 e. The van der Waals surface area contributed by atoms with E-state index in [4.69, 9.17) is 41.4 Å². The van der Waals surface area contributed by atoms with Crippen molar-refractivity contribution in [3.05, 3.63) is 27.7 Å². The number of hydrogen-bond donors (Lipinski definition) is 3. The summed E-state index contributed by atoms with van der Waals surface area (Å²) in [4.78, 5) is 24.5. The van der Waals surface area contributed by atoms with E-state index in [1.807, 2.05) is 0 Å². The van der Waals surface area contributed by atoms with E-state index in [-0.39, 0.29) is 21.9 Å². The fraction of sp³-hybridized carbons (Fsp3) is 0.529. The van der Waals surface area contributed by atoms with Crippen molar-refractivity contribution >= 4 is 28.7 Å². The number of benzene rings is 1. The fourth-order valence-electron chi connectivity index (χ4n) is 2.37. The lowest BCUT2D eigenvalue weighted by Gasteiger charge is -2.24. The largest absolute Gasteiger partial charge is 0.492 e. The minimum absolute atomic E-state index is 0.0649. The topological polar surface area (TPSA) is 137 Å². The third kappa shape index (κ3) is 5.65. The first-order chi connectivity index (χ1) is 13.9. The number of esters is 1. The molecule has 0 saturated heterocycles. The average Bonchev–Trinajstić information content (AvgIpc) is 2.99. The molecule has 30 heavy (non-hydrogen) atoms. The lowest BCUT2D eigenvalue weighted by Crippen LogP contribution is -2.52. The van der Waals surface area contributed by atoms with E-state index in [1.165, 1.54) is 13.0 Å². The van der Waals surface area contributed by atoms with Crippen LogP contribution >= 0.6 is 11.6 Å². The summed E-state index contributed by atoms with van der Waals surface area (Å²) in [5.74, 6) is -1.97. The maximum atomic E-state index is 12.3. The third-order valence-electron chi connectivity index (χ3n) is 4.17. The predicted molar refractivity (Wildman–Crippen MR) is 98.4 cm³/mol. The molecule has 168 valence electrons. The molecule has 0 amide bonds. The van der Waals surface area contributed by atoms with Crippen LogP contribution in [-0.4, -0.2) is 58.9 Å². The number of alkyl halides is 3. The number of nitrogens with zero attached hydrogens (tertiary/aromatic N) is 1. The zero-order chi connectivity index (χ0) is 22.7. The summed E-state index contributed by atoms with van der Waals surface area (Å²) >= 11 is 6.03. The quantitative estimate of drug-likeness (QED) is 0.481. The Morgan fingerprint density at radius 1 is 1.33 bits per heavy atom. The molecule has 13 heteroatoms. The Balaban J connectivity index is 2.23. The van der Waals surface area contributed by atoms with Gasteiger partial charge in [0.05, 0.1) is 42.3 Å². The fourth-order valence-corrected chi connectivity index (χ4v) is 2.58. The minimum Gasteiger partial charge on any atom is -0.492 e. The molecule has 1 unspecified atom stereocenters. The Morgan fingerprint density at radius 2 is 1.97 bits per heavy atom. The molecule has 1 atom stereocenters. The second kappa shape index (κ2) is 9.25. The van der Waals surface area contributed by atoms with Crippen LogP contribution < -0.4 is 16.2 Å². The molecule has 0 aliphatic rings. The molecule has 2 aromatic rings. The molecule has 1 heterocycles. The Morgan fingerprint density at radius 3 is 2.53 bits per heavy atom. The molecule has 2 rings (SSSR count). The van der Waals surface area contributed by atoms with Crippen molar-refractivity contribution in [2.75, 3.05) is 26.4 Å². The second-order valence-corrected chi connectivity index (χ2v) is 7.07. The molecule has 4 N–H and O–H groups in total. The van der Waals surface area contributed by atoms with Crippen molar-refractivity contribution in [1.29, 1.82) is 0 Å². The van der Waals surface area contributed by atoms with Gasteiger partial charge < -0.3 is 29.8 Å². The van der Waals surface area contributed by atoms with Crippen molar-refractivity contribution in [3.63, 3.8) is 0 Å². The Hall–Kier alpha value is -2.28. The number of aromatic nitrogens is 1. The SMILES string of the molecule is CC(C(=O)OCC(N)(CO)CO)n1c(=O)oc2cc(OCCC(F)(F)F)c(Cl)cc21. The highest BCUT2D eigenvalue weighted by Gasteiger charge is 2.30. The van der Waals surface area contributed by atoms with E-state index in [0.29, 0.717) is 0 Å². The summed E-state index contributed by atoms with van der Waals surface area (Å²) in [6.45, 7) is -1.15. The first-order valence-corrected chi connectivity index (χ1v) is 9.00. The number of halogens is 4. The summed E-state index contributed by atoms with van der Waals surface area (Å²) in [7, 11) is 0. The predicted octanol–water partition coefficient (Wildman–Crippen LogP) is 1.37. The van der Waals surface area contributed by atoms with E-state index < -0.39 is 62.3 Å². The Labute approximate surface area is 172 Å². The van der Waals surface area contributed by atoms with Crippen molar-refractivity contribution in [2.45, 2.75) is 31.1 Å². The lowest BCUT2D eigenvalue weighted by atomic mass is 10.1. The molecule has 0 aliphatic carbocycles. The number of aliphatic hydroxyl groups excluding tert-OH is 2. The Bertz CT molecular complexity index is 953. The van der Waals surface area contributed by atoms with Crippen LogP contribution in [0.4, 0.5) is 13.2 Å². The lowest BCUT2D eigenvalue weighted by molar-refractivity contribution is -0.150. The number of aliphatic hydroxyl groups is 2.